The van der Waals surface area contributed by atoms with Crippen molar-refractivity contribution in [3.05, 3.63) is 34.3 Å². The normalized spacial score (nSPS) is 16.5. The molecule has 0 amide bonds. The molecule has 0 aliphatic heterocycles. The average Bonchev–Trinajstić information content (AvgIpc) is 2.30. The van der Waals surface area contributed by atoms with E-state index in [0.29, 0.717) is 6.42 Å². The third-order valence-corrected chi connectivity index (χ3v) is 2.85. The molecular weight excluding hydrogens is 184 g/mol. The molecule has 2 heteroatoms. The van der Waals surface area contributed by atoms with E-state index >= 15 is 0 Å². The Morgan fingerprint density at radius 2 is 1.92 bits per heavy atom. The predicted molar refractivity (Wildman–Crippen MR) is 53.3 cm³/mol. The highest BCUT2D eigenvalue weighted by Gasteiger charge is 2.16. The molecule has 0 unspecified atom stereocenters. The predicted octanol–water partition coefficient (Wildman–Crippen LogP) is 3.25. The molecule has 0 bridgehead atoms. The third kappa shape index (κ3) is 1.61. The molecule has 0 saturated heterocycles. The second-order valence-corrected chi connectivity index (χ2v) is 3.80. The van der Waals surface area contributed by atoms with Crippen molar-refractivity contribution in [2.75, 3.05) is 0 Å². The highest BCUT2D eigenvalue weighted by atomic mass is 35.5. The summed E-state index contributed by atoms with van der Waals surface area (Å²) in [5, 5.41) is 0.743. The van der Waals surface area contributed by atoms with Crippen LogP contribution in [0.1, 0.15) is 35.2 Å². The largest absolute Gasteiger partial charge is 0.294 e. The van der Waals surface area contributed by atoms with Crippen LogP contribution in [-0.2, 0) is 6.42 Å². The zero-order valence-electron chi connectivity index (χ0n) is 7.35. The van der Waals surface area contributed by atoms with Crippen molar-refractivity contribution in [3.8, 4) is 0 Å². The Hall–Kier alpha value is -0.820. The maximum atomic E-state index is 11.6. The molecule has 0 heterocycles. The van der Waals surface area contributed by atoms with Gasteiger partial charge in [0.25, 0.3) is 0 Å². The molecule has 0 spiro atoms. The molecule has 1 aliphatic carbocycles. The van der Waals surface area contributed by atoms with Gasteiger partial charge in [-0.1, -0.05) is 23.7 Å². The number of carbonyl (C=O) groups excluding carboxylic acids is 1. The second-order valence-electron chi connectivity index (χ2n) is 3.40. The van der Waals surface area contributed by atoms with Gasteiger partial charge in [0.15, 0.2) is 5.78 Å². The standard InChI is InChI=1S/C11H11ClO/c12-10-6-3-5-9-8(10)4-1-2-7-11(9)13/h3,5-6H,1-2,4,7H2. The van der Waals surface area contributed by atoms with Crippen LogP contribution in [0.2, 0.25) is 5.02 Å². The van der Waals surface area contributed by atoms with E-state index in [-0.39, 0.29) is 5.78 Å². The van der Waals surface area contributed by atoms with E-state index in [4.69, 9.17) is 11.6 Å². The number of carbonyl (C=O) groups is 1. The number of halogens is 1. The summed E-state index contributed by atoms with van der Waals surface area (Å²) in [6.07, 6.45) is 3.68. The summed E-state index contributed by atoms with van der Waals surface area (Å²) in [4.78, 5) is 11.6. The van der Waals surface area contributed by atoms with Crippen LogP contribution in [0.5, 0.6) is 0 Å². The number of rotatable bonds is 0. The molecule has 0 N–H and O–H groups in total. The van der Waals surface area contributed by atoms with Crippen molar-refractivity contribution in [1.29, 1.82) is 0 Å². The lowest BCUT2D eigenvalue weighted by Gasteiger charge is -2.05. The number of fused-ring (bicyclic) bond motifs is 1. The lowest BCUT2D eigenvalue weighted by atomic mass is 10.0. The second kappa shape index (κ2) is 3.51. The van der Waals surface area contributed by atoms with Gasteiger partial charge in [-0.2, -0.15) is 0 Å². The van der Waals surface area contributed by atoms with Crippen molar-refractivity contribution in [3.63, 3.8) is 0 Å². The first-order chi connectivity index (χ1) is 6.29. The van der Waals surface area contributed by atoms with Gasteiger partial charge in [-0.05, 0) is 30.9 Å². The van der Waals surface area contributed by atoms with Gasteiger partial charge in [0.1, 0.15) is 0 Å². The molecule has 13 heavy (non-hydrogen) atoms. The van der Waals surface area contributed by atoms with Crippen LogP contribution in [0, 0.1) is 0 Å². The minimum absolute atomic E-state index is 0.245. The Morgan fingerprint density at radius 1 is 1.15 bits per heavy atom. The zero-order valence-corrected chi connectivity index (χ0v) is 8.10. The average molecular weight is 195 g/mol. The molecule has 0 fully saturated rings. The molecule has 0 radical (unpaired) electrons. The number of hydrogen-bond donors (Lipinski definition) is 0. The molecule has 1 aromatic carbocycles. The molecule has 2 rings (SSSR count). The molecule has 0 aromatic heterocycles. The monoisotopic (exact) mass is 194 g/mol. The smallest absolute Gasteiger partial charge is 0.163 e. The van der Waals surface area contributed by atoms with Crippen molar-refractivity contribution >= 4 is 17.4 Å². The Balaban J connectivity index is 2.54. The third-order valence-electron chi connectivity index (χ3n) is 2.50. The molecule has 0 saturated carbocycles. The molecule has 68 valence electrons. The van der Waals surface area contributed by atoms with Crippen LogP contribution in [-0.4, -0.2) is 5.78 Å². The quantitative estimate of drug-likeness (QED) is 0.580. The van der Waals surface area contributed by atoms with Gasteiger partial charge in [-0.3, -0.25) is 4.79 Å². The van der Waals surface area contributed by atoms with Crippen molar-refractivity contribution in [1.82, 2.24) is 0 Å². The summed E-state index contributed by atoms with van der Waals surface area (Å²) in [6, 6.07) is 5.60. The van der Waals surface area contributed by atoms with E-state index in [1.54, 1.807) is 0 Å². The molecule has 0 atom stereocenters. The van der Waals surface area contributed by atoms with Crippen LogP contribution in [0.3, 0.4) is 0 Å². The molecular formula is C11H11ClO. The van der Waals surface area contributed by atoms with E-state index in [2.05, 4.69) is 0 Å². The minimum atomic E-state index is 0.245. The molecule has 1 nitrogen and oxygen atoms in total. The first-order valence-electron chi connectivity index (χ1n) is 4.59. The number of hydrogen-bond acceptors (Lipinski definition) is 1. The van der Waals surface area contributed by atoms with E-state index < -0.39 is 0 Å². The van der Waals surface area contributed by atoms with Gasteiger partial charge in [0.2, 0.25) is 0 Å². The summed E-state index contributed by atoms with van der Waals surface area (Å²) in [5.41, 5.74) is 1.89. The van der Waals surface area contributed by atoms with Gasteiger partial charge in [0, 0.05) is 17.0 Å². The van der Waals surface area contributed by atoms with Crippen LogP contribution < -0.4 is 0 Å². The topological polar surface area (TPSA) is 17.1 Å². The Labute approximate surface area is 82.7 Å². The van der Waals surface area contributed by atoms with Crippen molar-refractivity contribution in [2.24, 2.45) is 0 Å². The Morgan fingerprint density at radius 3 is 2.77 bits per heavy atom. The number of ketones is 1. The first kappa shape index (κ1) is 8.76. The SMILES string of the molecule is O=C1CCCCc2c(Cl)cccc21. The lowest BCUT2D eigenvalue weighted by molar-refractivity contribution is 0.0982. The maximum Gasteiger partial charge on any atom is 0.163 e. The first-order valence-corrected chi connectivity index (χ1v) is 4.97. The van der Waals surface area contributed by atoms with Crippen LogP contribution in [0.4, 0.5) is 0 Å². The van der Waals surface area contributed by atoms with E-state index in [1.165, 1.54) is 0 Å². The van der Waals surface area contributed by atoms with Gasteiger partial charge < -0.3 is 0 Å². The fraction of sp³-hybridized carbons (Fsp3) is 0.364. The number of Topliss-reactive ketones (excluding diaryl/α,β-unsaturated/α-hetero) is 1. The Kier molecular flexibility index (Phi) is 2.36. The minimum Gasteiger partial charge on any atom is -0.294 e. The summed E-state index contributed by atoms with van der Waals surface area (Å²) >= 11 is 6.03. The molecule has 1 aliphatic rings. The highest BCUT2D eigenvalue weighted by molar-refractivity contribution is 6.32. The molecule has 1 aromatic rings. The van der Waals surface area contributed by atoms with Gasteiger partial charge in [-0.15, -0.1) is 0 Å². The summed E-state index contributed by atoms with van der Waals surface area (Å²) in [5.74, 6) is 0.245. The van der Waals surface area contributed by atoms with E-state index in [9.17, 15) is 4.79 Å². The number of benzene rings is 1. The van der Waals surface area contributed by atoms with Crippen LogP contribution in [0.15, 0.2) is 18.2 Å². The van der Waals surface area contributed by atoms with Gasteiger partial charge in [0.05, 0.1) is 0 Å². The van der Waals surface area contributed by atoms with Crippen molar-refractivity contribution < 1.29 is 4.79 Å². The van der Waals surface area contributed by atoms with Gasteiger partial charge in [-0.25, -0.2) is 0 Å². The van der Waals surface area contributed by atoms with E-state index in [0.717, 1.165) is 35.4 Å². The fourth-order valence-corrected chi connectivity index (χ4v) is 2.07. The summed E-state index contributed by atoms with van der Waals surface area (Å²) in [6.45, 7) is 0. The summed E-state index contributed by atoms with van der Waals surface area (Å²) in [7, 11) is 0. The fourth-order valence-electron chi connectivity index (χ4n) is 1.80. The maximum absolute atomic E-state index is 11.6. The summed E-state index contributed by atoms with van der Waals surface area (Å²) < 4.78 is 0. The Bertz CT molecular complexity index is 344. The van der Waals surface area contributed by atoms with E-state index in [1.807, 2.05) is 18.2 Å². The zero-order chi connectivity index (χ0) is 9.26. The lowest BCUT2D eigenvalue weighted by Crippen LogP contribution is -1.99. The van der Waals surface area contributed by atoms with Crippen LogP contribution >= 0.6 is 11.6 Å². The van der Waals surface area contributed by atoms with Gasteiger partial charge >= 0.3 is 0 Å². The highest BCUT2D eigenvalue weighted by Crippen LogP contribution is 2.26. The van der Waals surface area contributed by atoms with Crippen LogP contribution in [0.25, 0.3) is 0 Å². The van der Waals surface area contributed by atoms with Crippen molar-refractivity contribution in [2.45, 2.75) is 25.7 Å².